The van der Waals surface area contributed by atoms with Crippen molar-refractivity contribution in [2.24, 2.45) is 0 Å². The average Bonchev–Trinajstić information content (AvgIpc) is 2.96. The van der Waals surface area contributed by atoms with E-state index >= 15 is 0 Å². The van der Waals surface area contributed by atoms with E-state index in [1.165, 1.54) is 36.0 Å². The molecule has 10 heteroatoms. The molecular formula is C13H13N5O5. The lowest BCUT2D eigenvalue weighted by atomic mass is 10.1. The fourth-order valence-corrected chi connectivity index (χ4v) is 2.02. The lowest BCUT2D eigenvalue weighted by Gasteiger charge is -2.08. The van der Waals surface area contributed by atoms with Crippen molar-refractivity contribution in [1.29, 1.82) is 0 Å². The normalized spacial score (nSPS) is 10.3. The van der Waals surface area contributed by atoms with Crippen LogP contribution in [0, 0.1) is 27.2 Å². The maximum absolute atomic E-state index is 12.1. The van der Waals surface area contributed by atoms with E-state index in [1.54, 1.807) is 0 Å². The fraction of sp³-hybridized carbons (Fsp3) is 0.231. The van der Waals surface area contributed by atoms with Gasteiger partial charge in [0.2, 0.25) is 0 Å². The summed E-state index contributed by atoms with van der Waals surface area (Å²) >= 11 is 0. The summed E-state index contributed by atoms with van der Waals surface area (Å²) in [4.78, 5) is 32.4. The summed E-state index contributed by atoms with van der Waals surface area (Å²) in [5.41, 5.74) is 0.238. The minimum absolute atomic E-state index is 0.125. The van der Waals surface area contributed by atoms with E-state index < -0.39 is 15.8 Å². The summed E-state index contributed by atoms with van der Waals surface area (Å²) in [6.07, 6.45) is 2.37. The monoisotopic (exact) mass is 319 g/mol. The molecule has 0 aliphatic rings. The number of nitrogens with one attached hydrogen (secondary N) is 1. The van der Waals surface area contributed by atoms with Gasteiger partial charge in [-0.15, -0.1) is 0 Å². The van der Waals surface area contributed by atoms with Gasteiger partial charge in [-0.05, 0) is 13.0 Å². The molecule has 0 spiro atoms. The van der Waals surface area contributed by atoms with Gasteiger partial charge in [-0.2, -0.15) is 5.10 Å². The third kappa shape index (κ3) is 3.67. The number of nitrogens with zero attached hydrogens (tertiary/aromatic N) is 4. The van der Waals surface area contributed by atoms with Crippen molar-refractivity contribution in [3.8, 4) is 0 Å². The molecule has 120 valence electrons. The molecule has 1 amide bonds. The lowest BCUT2D eigenvalue weighted by molar-refractivity contribution is -0.385. The second kappa shape index (κ2) is 6.64. The first-order chi connectivity index (χ1) is 10.9. The summed E-state index contributed by atoms with van der Waals surface area (Å²) in [6.45, 7) is 1.93. The Balaban J connectivity index is 1.98. The molecule has 10 nitrogen and oxygen atoms in total. The molecule has 0 unspecified atom stereocenters. The number of aromatic nitrogens is 2. The van der Waals surface area contributed by atoms with Gasteiger partial charge in [-0.1, -0.05) is 6.07 Å². The Morgan fingerprint density at radius 3 is 2.65 bits per heavy atom. The van der Waals surface area contributed by atoms with Gasteiger partial charge in [-0.3, -0.25) is 29.7 Å². The second-order valence-corrected chi connectivity index (χ2v) is 4.68. The number of nitro benzene ring substituents is 1. The van der Waals surface area contributed by atoms with Crippen LogP contribution in [0.5, 0.6) is 0 Å². The van der Waals surface area contributed by atoms with Gasteiger partial charge in [-0.25, -0.2) is 0 Å². The first-order valence-electron chi connectivity index (χ1n) is 6.59. The highest BCUT2D eigenvalue weighted by Crippen LogP contribution is 2.20. The summed E-state index contributed by atoms with van der Waals surface area (Å²) in [5.74, 6) is -0.451. The Bertz CT molecular complexity index is 770. The van der Waals surface area contributed by atoms with Gasteiger partial charge in [0, 0.05) is 23.7 Å². The van der Waals surface area contributed by atoms with Gasteiger partial charge >= 0.3 is 5.69 Å². The van der Waals surface area contributed by atoms with Gasteiger partial charge < -0.3 is 5.32 Å². The van der Waals surface area contributed by atoms with Crippen molar-refractivity contribution in [3.05, 3.63) is 61.9 Å². The molecule has 0 atom stereocenters. The summed E-state index contributed by atoms with van der Waals surface area (Å²) in [7, 11) is 0. The van der Waals surface area contributed by atoms with Crippen molar-refractivity contribution in [3.63, 3.8) is 0 Å². The number of carbonyl (C=O) groups is 1. The van der Waals surface area contributed by atoms with E-state index in [0.29, 0.717) is 0 Å². The molecule has 0 saturated heterocycles. The van der Waals surface area contributed by atoms with Gasteiger partial charge in [0.1, 0.15) is 12.4 Å². The Morgan fingerprint density at radius 1 is 1.30 bits per heavy atom. The molecule has 2 rings (SSSR count). The van der Waals surface area contributed by atoms with Crippen LogP contribution in [0.3, 0.4) is 0 Å². The van der Waals surface area contributed by atoms with Gasteiger partial charge in [0.25, 0.3) is 11.6 Å². The molecule has 2 aromatic rings. The second-order valence-electron chi connectivity index (χ2n) is 4.68. The van der Waals surface area contributed by atoms with Crippen LogP contribution in [0.2, 0.25) is 0 Å². The SMILES string of the molecule is Cc1c(C(=O)NCCn2cc([N+](=O)[O-])cn2)cccc1[N+](=O)[O-]. The van der Waals surface area contributed by atoms with Gasteiger partial charge in [0.05, 0.1) is 16.4 Å². The Hall–Kier alpha value is -3.30. The molecule has 1 N–H and O–H groups in total. The maximum atomic E-state index is 12.1. The minimum atomic E-state index is -0.561. The van der Waals surface area contributed by atoms with Crippen molar-refractivity contribution < 1.29 is 14.6 Å². The number of amides is 1. The lowest BCUT2D eigenvalue weighted by Crippen LogP contribution is -2.28. The van der Waals surface area contributed by atoms with Crippen LogP contribution in [-0.2, 0) is 6.54 Å². The Labute approximate surface area is 130 Å². The smallest absolute Gasteiger partial charge is 0.306 e. The van der Waals surface area contributed by atoms with Crippen LogP contribution in [0.25, 0.3) is 0 Å². The highest BCUT2D eigenvalue weighted by atomic mass is 16.6. The zero-order chi connectivity index (χ0) is 17.0. The zero-order valence-corrected chi connectivity index (χ0v) is 12.1. The number of benzene rings is 1. The molecule has 1 aromatic carbocycles. The molecule has 0 fully saturated rings. The van der Waals surface area contributed by atoms with Crippen LogP contribution in [0.1, 0.15) is 15.9 Å². The number of rotatable bonds is 6. The predicted molar refractivity (Wildman–Crippen MR) is 79.0 cm³/mol. The topological polar surface area (TPSA) is 133 Å². The number of hydrogen-bond acceptors (Lipinski definition) is 6. The predicted octanol–water partition coefficient (Wildman–Crippen LogP) is 1.44. The largest absolute Gasteiger partial charge is 0.350 e. The van der Waals surface area contributed by atoms with E-state index in [0.717, 1.165) is 6.20 Å². The fourth-order valence-electron chi connectivity index (χ4n) is 2.02. The Morgan fingerprint density at radius 2 is 2.04 bits per heavy atom. The van der Waals surface area contributed by atoms with Crippen molar-refractivity contribution in [2.75, 3.05) is 6.54 Å². The molecular weight excluding hydrogens is 306 g/mol. The molecule has 0 aliphatic carbocycles. The van der Waals surface area contributed by atoms with Crippen LogP contribution < -0.4 is 5.32 Å². The highest BCUT2D eigenvalue weighted by molar-refractivity contribution is 5.96. The molecule has 1 aromatic heterocycles. The molecule has 0 aliphatic heterocycles. The standard InChI is InChI=1S/C13H13N5O5/c1-9-11(3-2-4-12(9)18(22)23)13(19)14-5-6-16-8-10(7-15-16)17(20)21/h2-4,7-8H,5-6H2,1H3,(H,14,19). The van der Waals surface area contributed by atoms with Gasteiger partial charge in [0.15, 0.2) is 0 Å². The summed E-state index contributed by atoms with van der Waals surface area (Å²) in [6, 6.07) is 4.27. The van der Waals surface area contributed by atoms with Crippen molar-refractivity contribution >= 4 is 17.3 Å². The van der Waals surface area contributed by atoms with Crippen molar-refractivity contribution in [1.82, 2.24) is 15.1 Å². The highest BCUT2D eigenvalue weighted by Gasteiger charge is 2.17. The molecule has 0 saturated carbocycles. The van der Waals surface area contributed by atoms with E-state index in [1.807, 2.05) is 0 Å². The van der Waals surface area contributed by atoms with Crippen LogP contribution in [0.4, 0.5) is 11.4 Å². The Kier molecular flexibility index (Phi) is 4.64. The molecule has 1 heterocycles. The molecule has 23 heavy (non-hydrogen) atoms. The van der Waals surface area contributed by atoms with Crippen LogP contribution in [-0.4, -0.2) is 32.1 Å². The maximum Gasteiger partial charge on any atom is 0.306 e. The van der Waals surface area contributed by atoms with E-state index in [4.69, 9.17) is 0 Å². The summed E-state index contributed by atoms with van der Waals surface area (Å²) in [5, 5.41) is 27.8. The minimum Gasteiger partial charge on any atom is -0.350 e. The third-order valence-electron chi connectivity index (χ3n) is 3.20. The third-order valence-corrected chi connectivity index (χ3v) is 3.20. The number of nitro groups is 2. The first-order valence-corrected chi connectivity index (χ1v) is 6.59. The number of carbonyl (C=O) groups excluding carboxylic acids is 1. The van der Waals surface area contributed by atoms with E-state index in [2.05, 4.69) is 10.4 Å². The number of hydrogen-bond donors (Lipinski definition) is 1. The average molecular weight is 319 g/mol. The molecule has 0 radical (unpaired) electrons. The molecule has 0 bridgehead atoms. The summed E-state index contributed by atoms with van der Waals surface area (Å²) < 4.78 is 1.33. The van der Waals surface area contributed by atoms with Crippen LogP contribution >= 0.6 is 0 Å². The van der Waals surface area contributed by atoms with E-state index in [9.17, 15) is 25.0 Å². The zero-order valence-electron chi connectivity index (χ0n) is 12.1. The van der Waals surface area contributed by atoms with Crippen molar-refractivity contribution in [2.45, 2.75) is 13.5 Å². The van der Waals surface area contributed by atoms with Crippen LogP contribution in [0.15, 0.2) is 30.6 Å². The van der Waals surface area contributed by atoms with E-state index in [-0.39, 0.29) is 35.6 Å². The quantitative estimate of drug-likeness (QED) is 0.632. The first kappa shape index (κ1) is 16.1.